The molecule has 0 saturated carbocycles. The fraction of sp³-hybridized carbons (Fsp3) is 0. The Kier molecular flexibility index (Phi) is 0.651. The summed E-state index contributed by atoms with van der Waals surface area (Å²) in [4.78, 5) is 16.6. The van der Waals surface area contributed by atoms with Crippen molar-refractivity contribution in [1.29, 1.82) is 0 Å². The zero-order valence-electron chi connectivity index (χ0n) is 3.46. The standard InChI is InChI=1S/C3H3N3O/c4-3-5-1-2(7)6-3/h1H,(H2,4,6,7). The van der Waals surface area contributed by atoms with Crippen LogP contribution in [0.5, 0.6) is 0 Å². The van der Waals surface area contributed by atoms with Crippen LogP contribution >= 0.6 is 0 Å². The number of guanidine groups is 1. The van der Waals surface area contributed by atoms with Crippen LogP contribution in [0.1, 0.15) is 0 Å². The van der Waals surface area contributed by atoms with E-state index in [1.165, 1.54) is 0 Å². The van der Waals surface area contributed by atoms with Crippen molar-refractivity contribution in [3.63, 3.8) is 0 Å². The van der Waals surface area contributed by atoms with Gasteiger partial charge in [-0.1, -0.05) is 0 Å². The molecule has 0 unspecified atom stereocenters. The van der Waals surface area contributed by atoms with E-state index < -0.39 is 0 Å². The first-order valence-electron chi connectivity index (χ1n) is 1.71. The molecule has 2 N–H and O–H groups in total. The summed E-state index contributed by atoms with van der Waals surface area (Å²) < 4.78 is 0. The number of hydrogen-bond acceptors (Lipinski definition) is 3. The summed E-state index contributed by atoms with van der Waals surface area (Å²) in [5, 5.41) is 0. The van der Waals surface area contributed by atoms with Crippen LogP contribution in [0.4, 0.5) is 0 Å². The third-order valence-corrected chi connectivity index (χ3v) is 0.532. The molecule has 0 atom stereocenters. The van der Waals surface area contributed by atoms with Crippen molar-refractivity contribution in [3.8, 4) is 0 Å². The van der Waals surface area contributed by atoms with E-state index in [0.29, 0.717) is 0 Å². The molecular formula is C3H3N3O. The first kappa shape index (κ1) is 3.98. The van der Waals surface area contributed by atoms with E-state index in [1.807, 2.05) is 0 Å². The van der Waals surface area contributed by atoms with Crippen molar-refractivity contribution in [2.75, 3.05) is 0 Å². The second-order valence-corrected chi connectivity index (χ2v) is 1.07. The normalized spacial score (nSPS) is 17.7. The van der Waals surface area contributed by atoms with E-state index in [9.17, 15) is 4.79 Å². The van der Waals surface area contributed by atoms with Gasteiger partial charge in [0.15, 0.2) is 0 Å². The van der Waals surface area contributed by atoms with Crippen LogP contribution in [0.3, 0.4) is 0 Å². The Morgan fingerprint density at radius 1 is 1.71 bits per heavy atom. The van der Waals surface area contributed by atoms with Gasteiger partial charge in [0.05, 0.1) is 6.21 Å². The highest BCUT2D eigenvalue weighted by atomic mass is 16.1. The highest BCUT2D eigenvalue weighted by Crippen LogP contribution is 1.81. The minimum Gasteiger partial charge on any atom is -0.368 e. The molecule has 0 saturated heterocycles. The molecule has 0 fully saturated rings. The number of carbonyl (C=O) groups is 1. The van der Waals surface area contributed by atoms with Crippen molar-refractivity contribution in [2.24, 2.45) is 15.7 Å². The van der Waals surface area contributed by atoms with Gasteiger partial charge in [-0.3, -0.25) is 4.79 Å². The molecule has 7 heavy (non-hydrogen) atoms. The van der Waals surface area contributed by atoms with Gasteiger partial charge in [-0.25, -0.2) is 4.99 Å². The molecule has 0 aliphatic carbocycles. The summed E-state index contributed by atoms with van der Waals surface area (Å²) in [6, 6.07) is 0. The predicted molar refractivity (Wildman–Crippen MR) is 25.1 cm³/mol. The monoisotopic (exact) mass is 97.0 g/mol. The first-order chi connectivity index (χ1) is 3.29. The van der Waals surface area contributed by atoms with Gasteiger partial charge in [0.25, 0.3) is 5.91 Å². The van der Waals surface area contributed by atoms with Crippen molar-refractivity contribution in [3.05, 3.63) is 0 Å². The molecule has 1 rings (SSSR count). The highest BCUT2D eigenvalue weighted by Gasteiger charge is 2.00. The number of hydrogen-bond donors (Lipinski definition) is 1. The van der Waals surface area contributed by atoms with Crippen molar-refractivity contribution < 1.29 is 4.79 Å². The molecule has 0 radical (unpaired) electrons. The van der Waals surface area contributed by atoms with Crippen LogP contribution in [-0.4, -0.2) is 18.1 Å². The second kappa shape index (κ2) is 1.14. The van der Waals surface area contributed by atoms with Crippen molar-refractivity contribution in [1.82, 2.24) is 0 Å². The molecule has 0 spiro atoms. The molecule has 4 heteroatoms. The first-order valence-corrected chi connectivity index (χ1v) is 1.71. The number of nitrogens with zero attached hydrogens (tertiary/aromatic N) is 2. The summed E-state index contributed by atoms with van der Waals surface area (Å²) in [5.41, 5.74) is 4.96. The third kappa shape index (κ3) is 0.623. The number of nitrogens with two attached hydrogens (primary N) is 1. The molecule has 1 amide bonds. The molecule has 4 nitrogen and oxygen atoms in total. The van der Waals surface area contributed by atoms with Crippen molar-refractivity contribution >= 4 is 18.1 Å². The topological polar surface area (TPSA) is 67.8 Å². The lowest BCUT2D eigenvalue weighted by Gasteiger charge is -1.72. The van der Waals surface area contributed by atoms with Crippen LogP contribution in [0, 0.1) is 0 Å². The van der Waals surface area contributed by atoms with E-state index in [0.717, 1.165) is 6.21 Å². The molecule has 1 aliphatic heterocycles. The molecular weight excluding hydrogens is 94.1 g/mol. The zero-order chi connectivity index (χ0) is 5.28. The highest BCUT2D eigenvalue weighted by molar-refractivity contribution is 6.34. The SMILES string of the molecule is NC1=NC(=O)C=N1. The lowest BCUT2D eigenvalue weighted by atomic mass is 10.7. The lowest BCUT2D eigenvalue weighted by Crippen LogP contribution is -2.03. The van der Waals surface area contributed by atoms with Crippen LogP contribution < -0.4 is 5.73 Å². The minimum atomic E-state index is -0.377. The minimum absolute atomic E-state index is 0.0463. The van der Waals surface area contributed by atoms with Crippen LogP contribution in [0.15, 0.2) is 9.98 Å². The molecule has 1 heterocycles. The Bertz CT molecular complexity index is 158. The predicted octanol–water partition coefficient (Wildman–Crippen LogP) is -1.09. The largest absolute Gasteiger partial charge is 0.368 e. The molecule has 0 aromatic heterocycles. The van der Waals surface area contributed by atoms with Gasteiger partial charge in [-0.05, 0) is 0 Å². The smallest absolute Gasteiger partial charge is 0.291 e. The van der Waals surface area contributed by atoms with E-state index in [1.54, 1.807) is 0 Å². The maximum atomic E-state index is 10.0. The Labute approximate surface area is 39.8 Å². The van der Waals surface area contributed by atoms with E-state index >= 15 is 0 Å². The van der Waals surface area contributed by atoms with Gasteiger partial charge < -0.3 is 5.73 Å². The van der Waals surface area contributed by atoms with Gasteiger partial charge in [0.2, 0.25) is 5.96 Å². The maximum absolute atomic E-state index is 10.0. The summed E-state index contributed by atoms with van der Waals surface area (Å²) in [6.07, 6.45) is 1.08. The van der Waals surface area contributed by atoms with E-state index in [2.05, 4.69) is 9.98 Å². The fourth-order valence-electron chi connectivity index (χ4n) is 0.292. The van der Waals surface area contributed by atoms with Gasteiger partial charge in [0.1, 0.15) is 0 Å². The number of carbonyl (C=O) groups excluding carboxylic acids is 1. The van der Waals surface area contributed by atoms with Crippen molar-refractivity contribution in [2.45, 2.75) is 0 Å². The van der Waals surface area contributed by atoms with Gasteiger partial charge in [-0.2, -0.15) is 4.99 Å². The van der Waals surface area contributed by atoms with Crippen LogP contribution in [0.25, 0.3) is 0 Å². The van der Waals surface area contributed by atoms with Gasteiger partial charge >= 0.3 is 0 Å². The Balaban J connectivity index is 2.88. The number of amides is 1. The number of aliphatic imine (C=N–C) groups is 2. The Morgan fingerprint density at radius 2 is 2.43 bits per heavy atom. The average molecular weight is 97.1 g/mol. The van der Waals surface area contributed by atoms with Gasteiger partial charge in [-0.15, -0.1) is 0 Å². The maximum Gasteiger partial charge on any atom is 0.291 e. The second-order valence-electron chi connectivity index (χ2n) is 1.07. The summed E-state index contributed by atoms with van der Waals surface area (Å²) in [7, 11) is 0. The van der Waals surface area contributed by atoms with Crippen LogP contribution in [0.2, 0.25) is 0 Å². The molecule has 0 bridgehead atoms. The van der Waals surface area contributed by atoms with E-state index in [-0.39, 0.29) is 11.9 Å². The Hall–Kier alpha value is -1.19. The fourth-order valence-corrected chi connectivity index (χ4v) is 0.292. The average Bonchev–Trinajstić information content (AvgIpc) is 1.87. The summed E-state index contributed by atoms with van der Waals surface area (Å²) in [6.45, 7) is 0. The summed E-state index contributed by atoms with van der Waals surface area (Å²) >= 11 is 0. The van der Waals surface area contributed by atoms with Crippen LogP contribution in [-0.2, 0) is 4.79 Å². The quantitative estimate of drug-likeness (QED) is 0.417. The summed E-state index contributed by atoms with van der Waals surface area (Å²) in [5.74, 6) is -0.331. The molecule has 36 valence electrons. The Morgan fingerprint density at radius 3 is 2.57 bits per heavy atom. The van der Waals surface area contributed by atoms with Gasteiger partial charge in [0, 0.05) is 0 Å². The third-order valence-electron chi connectivity index (χ3n) is 0.532. The zero-order valence-corrected chi connectivity index (χ0v) is 3.46. The molecule has 0 aromatic carbocycles. The van der Waals surface area contributed by atoms with E-state index in [4.69, 9.17) is 5.73 Å². The number of rotatable bonds is 0. The molecule has 0 aromatic rings. The lowest BCUT2D eigenvalue weighted by molar-refractivity contribution is -0.111. The molecule has 1 aliphatic rings.